The minimum Gasteiger partial charge on any atom is -0.362 e. The molecule has 19 heavy (non-hydrogen) atoms. The minimum absolute atomic E-state index is 0.0135. The highest BCUT2D eigenvalue weighted by Crippen LogP contribution is 2.30. The summed E-state index contributed by atoms with van der Waals surface area (Å²) in [5.41, 5.74) is 13.0. The maximum Gasteiger partial charge on any atom is 0.318 e. The molecule has 3 amide bonds. The molecule has 0 spiro atoms. The van der Waals surface area contributed by atoms with Gasteiger partial charge >= 0.3 is 6.03 Å². The highest BCUT2D eigenvalue weighted by atomic mass is 16.2. The van der Waals surface area contributed by atoms with E-state index in [1.165, 1.54) is 0 Å². The second kappa shape index (κ2) is 5.71. The number of urea groups is 1. The lowest BCUT2D eigenvalue weighted by Gasteiger charge is -2.24. The first-order valence-corrected chi connectivity index (χ1v) is 6.26. The second-order valence-electron chi connectivity index (χ2n) is 4.64. The van der Waals surface area contributed by atoms with Crippen molar-refractivity contribution >= 4 is 17.6 Å². The highest BCUT2D eigenvalue weighted by molar-refractivity contribution is 5.95. The van der Waals surface area contributed by atoms with E-state index in [0.717, 1.165) is 30.6 Å². The van der Waals surface area contributed by atoms with E-state index < -0.39 is 11.9 Å². The van der Waals surface area contributed by atoms with Crippen LogP contribution in [-0.4, -0.2) is 25.0 Å². The van der Waals surface area contributed by atoms with Crippen molar-refractivity contribution in [3.8, 4) is 0 Å². The molecule has 0 fully saturated rings. The lowest BCUT2D eigenvalue weighted by Crippen LogP contribution is -2.42. The number of fused-ring (bicyclic) bond motifs is 1. The van der Waals surface area contributed by atoms with Crippen LogP contribution >= 0.6 is 0 Å². The number of nitrogens with zero attached hydrogens (tertiary/aromatic N) is 1. The summed E-state index contributed by atoms with van der Waals surface area (Å²) in [6, 6.07) is 6.93. The zero-order chi connectivity index (χ0) is 13.8. The molecule has 2 rings (SSSR count). The normalized spacial score (nSPS) is 18.4. The molecule has 1 aliphatic rings. The standard InChI is InChI=1S/C13H18N4O2/c14-10-5-3-7-17(8-12(18)16-13(15)19)11-6-2-1-4-9(10)11/h1-2,4,6,10H,3,5,7-8,14H2,(H3,15,16,18,19). The lowest BCUT2D eigenvalue weighted by molar-refractivity contribution is -0.118. The quantitative estimate of drug-likeness (QED) is 0.721. The predicted molar refractivity (Wildman–Crippen MR) is 72.5 cm³/mol. The first-order valence-electron chi connectivity index (χ1n) is 6.26. The number of anilines is 1. The van der Waals surface area contributed by atoms with Gasteiger partial charge in [0.05, 0.1) is 6.54 Å². The largest absolute Gasteiger partial charge is 0.362 e. The van der Waals surface area contributed by atoms with E-state index in [1.54, 1.807) is 0 Å². The Labute approximate surface area is 111 Å². The molecular weight excluding hydrogens is 244 g/mol. The zero-order valence-corrected chi connectivity index (χ0v) is 10.6. The van der Waals surface area contributed by atoms with Crippen LogP contribution in [0.15, 0.2) is 24.3 Å². The average Bonchev–Trinajstić information content (AvgIpc) is 2.50. The highest BCUT2D eigenvalue weighted by Gasteiger charge is 2.21. The molecule has 6 heteroatoms. The van der Waals surface area contributed by atoms with Gasteiger partial charge in [-0.2, -0.15) is 0 Å². The number of hydrogen-bond acceptors (Lipinski definition) is 4. The van der Waals surface area contributed by atoms with Gasteiger partial charge in [0.2, 0.25) is 5.91 Å². The summed E-state index contributed by atoms with van der Waals surface area (Å²) in [7, 11) is 0. The molecule has 0 bridgehead atoms. The number of rotatable bonds is 2. The summed E-state index contributed by atoms with van der Waals surface area (Å²) in [5.74, 6) is -0.405. The van der Waals surface area contributed by atoms with Crippen LogP contribution in [0.4, 0.5) is 10.5 Å². The number of benzene rings is 1. The van der Waals surface area contributed by atoms with Crippen LogP contribution in [-0.2, 0) is 4.79 Å². The van der Waals surface area contributed by atoms with E-state index in [-0.39, 0.29) is 12.6 Å². The molecule has 0 radical (unpaired) electrons. The number of amides is 3. The van der Waals surface area contributed by atoms with Crippen LogP contribution in [0.5, 0.6) is 0 Å². The van der Waals surface area contributed by atoms with Gasteiger partial charge in [-0.3, -0.25) is 10.1 Å². The molecular formula is C13H18N4O2. The van der Waals surface area contributed by atoms with Gasteiger partial charge in [-0.05, 0) is 24.5 Å². The average molecular weight is 262 g/mol. The molecule has 1 aliphatic heterocycles. The Morgan fingerprint density at radius 1 is 1.37 bits per heavy atom. The molecule has 0 aliphatic carbocycles. The summed E-state index contributed by atoms with van der Waals surface area (Å²) in [5, 5.41) is 2.08. The molecule has 1 heterocycles. The van der Waals surface area contributed by atoms with Crippen LogP contribution in [0.3, 0.4) is 0 Å². The summed E-state index contributed by atoms with van der Waals surface area (Å²) >= 11 is 0. The molecule has 0 aromatic heterocycles. The van der Waals surface area contributed by atoms with Crippen LogP contribution in [0.1, 0.15) is 24.4 Å². The summed E-state index contributed by atoms with van der Waals surface area (Å²) in [6.45, 7) is 0.837. The summed E-state index contributed by atoms with van der Waals surface area (Å²) in [6.07, 6.45) is 1.78. The van der Waals surface area contributed by atoms with Gasteiger partial charge in [-0.1, -0.05) is 18.2 Å². The fourth-order valence-corrected chi connectivity index (χ4v) is 2.38. The molecule has 1 aromatic carbocycles. The van der Waals surface area contributed by atoms with Crippen LogP contribution in [0, 0.1) is 0 Å². The number of imide groups is 1. The Morgan fingerprint density at radius 2 is 2.11 bits per heavy atom. The fourth-order valence-electron chi connectivity index (χ4n) is 2.38. The van der Waals surface area contributed by atoms with Gasteiger partial charge < -0.3 is 16.4 Å². The monoisotopic (exact) mass is 262 g/mol. The number of carbonyl (C=O) groups excluding carboxylic acids is 2. The van der Waals surface area contributed by atoms with Gasteiger partial charge in [-0.15, -0.1) is 0 Å². The van der Waals surface area contributed by atoms with Crippen molar-refractivity contribution in [3.63, 3.8) is 0 Å². The maximum atomic E-state index is 11.6. The third-order valence-corrected chi connectivity index (χ3v) is 3.22. The van der Waals surface area contributed by atoms with E-state index in [9.17, 15) is 9.59 Å². The van der Waals surface area contributed by atoms with Gasteiger partial charge in [0.1, 0.15) is 0 Å². The summed E-state index contributed by atoms with van der Waals surface area (Å²) < 4.78 is 0. The molecule has 1 unspecified atom stereocenters. The van der Waals surface area contributed by atoms with E-state index in [1.807, 2.05) is 29.2 Å². The molecule has 0 saturated carbocycles. The Morgan fingerprint density at radius 3 is 2.84 bits per heavy atom. The fraction of sp³-hybridized carbons (Fsp3) is 0.385. The maximum absolute atomic E-state index is 11.6. The van der Waals surface area contributed by atoms with Crippen molar-refractivity contribution in [1.29, 1.82) is 0 Å². The van der Waals surface area contributed by atoms with Crippen molar-refractivity contribution in [2.45, 2.75) is 18.9 Å². The van der Waals surface area contributed by atoms with Crippen molar-refractivity contribution in [3.05, 3.63) is 29.8 Å². The first-order chi connectivity index (χ1) is 9.08. The number of para-hydroxylation sites is 1. The number of nitrogens with one attached hydrogen (secondary N) is 1. The minimum atomic E-state index is -0.829. The Kier molecular flexibility index (Phi) is 4.01. The van der Waals surface area contributed by atoms with Gasteiger partial charge in [0.25, 0.3) is 0 Å². The SMILES string of the molecule is NC(=O)NC(=O)CN1CCCC(N)c2ccccc21. The van der Waals surface area contributed by atoms with E-state index in [0.29, 0.717) is 0 Å². The lowest BCUT2D eigenvalue weighted by atomic mass is 10.0. The smallest absolute Gasteiger partial charge is 0.318 e. The number of carbonyl (C=O) groups is 2. The van der Waals surface area contributed by atoms with Crippen LogP contribution in [0.25, 0.3) is 0 Å². The Bertz CT molecular complexity index is 489. The Hall–Kier alpha value is -2.08. The topological polar surface area (TPSA) is 101 Å². The predicted octanol–water partition coefficient (Wildman–Crippen LogP) is 0.482. The number of primary amides is 1. The molecule has 5 N–H and O–H groups in total. The van der Waals surface area contributed by atoms with Gasteiger partial charge in [0.15, 0.2) is 0 Å². The van der Waals surface area contributed by atoms with E-state index in [2.05, 4.69) is 5.32 Å². The molecule has 6 nitrogen and oxygen atoms in total. The van der Waals surface area contributed by atoms with E-state index >= 15 is 0 Å². The molecule has 102 valence electrons. The third-order valence-electron chi connectivity index (χ3n) is 3.22. The number of nitrogens with two attached hydrogens (primary N) is 2. The second-order valence-corrected chi connectivity index (χ2v) is 4.64. The third kappa shape index (κ3) is 3.23. The zero-order valence-electron chi connectivity index (χ0n) is 10.6. The molecule has 1 atom stereocenters. The Balaban J connectivity index is 2.19. The first kappa shape index (κ1) is 13.4. The van der Waals surface area contributed by atoms with Gasteiger partial charge in [0, 0.05) is 18.3 Å². The number of hydrogen-bond donors (Lipinski definition) is 3. The van der Waals surface area contributed by atoms with Gasteiger partial charge in [-0.25, -0.2) is 4.79 Å². The van der Waals surface area contributed by atoms with Crippen molar-refractivity contribution in [1.82, 2.24) is 5.32 Å². The van der Waals surface area contributed by atoms with Crippen LogP contribution in [0.2, 0.25) is 0 Å². The summed E-state index contributed by atoms with van der Waals surface area (Å²) in [4.78, 5) is 24.2. The van der Waals surface area contributed by atoms with Crippen molar-refractivity contribution in [2.75, 3.05) is 18.0 Å². The molecule has 1 aromatic rings. The van der Waals surface area contributed by atoms with Crippen LogP contribution < -0.4 is 21.7 Å². The van der Waals surface area contributed by atoms with E-state index in [4.69, 9.17) is 11.5 Å². The van der Waals surface area contributed by atoms with Crippen molar-refractivity contribution in [2.24, 2.45) is 11.5 Å². The van der Waals surface area contributed by atoms with Crippen molar-refractivity contribution < 1.29 is 9.59 Å². The molecule has 0 saturated heterocycles.